The molecule has 0 fully saturated rings. The quantitative estimate of drug-likeness (QED) is 0.780. The molecule has 0 bridgehead atoms. The Labute approximate surface area is 132 Å². The van der Waals surface area contributed by atoms with Gasteiger partial charge in [0.15, 0.2) is 6.10 Å². The van der Waals surface area contributed by atoms with Crippen molar-refractivity contribution in [3.8, 4) is 11.4 Å². The molecule has 0 saturated heterocycles. The van der Waals surface area contributed by atoms with E-state index in [4.69, 9.17) is 4.74 Å². The Bertz CT molecular complexity index is 774. The van der Waals surface area contributed by atoms with Crippen molar-refractivity contribution in [3.05, 3.63) is 60.9 Å². The molecule has 3 rings (SSSR count). The third-order valence-electron chi connectivity index (χ3n) is 3.15. The zero-order valence-corrected chi connectivity index (χ0v) is 12.5. The number of anilines is 1. The van der Waals surface area contributed by atoms with Crippen molar-refractivity contribution in [2.75, 3.05) is 5.32 Å². The monoisotopic (exact) mass is 309 g/mol. The molecule has 3 aromatic rings. The molecule has 1 atom stereocenters. The molecular formula is C16H15N5O2. The Balaban J connectivity index is 1.67. The fraction of sp³-hybridized carbons (Fsp3) is 0.125. The maximum atomic E-state index is 12.2. The summed E-state index contributed by atoms with van der Waals surface area (Å²) < 4.78 is 7.21. The van der Waals surface area contributed by atoms with Crippen LogP contribution in [0, 0.1) is 0 Å². The first-order chi connectivity index (χ1) is 11.2. The summed E-state index contributed by atoms with van der Waals surface area (Å²) in [6.07, 6.45) is 0.851. The second-order valence-electron chi connectivity index (χ2n) is 4.87. The van der Waals surface area contributed by atoms with Crippen LogP contribution in [0.2, 0.25) is 0 Å². The SMILES string of the molecule is C[C@@H](Oc1cccc(-n2cnnn2)c1)C(=O)Nc1ccccc1. The molecule has 1 aromatic heterocycles. The number of nitrogens with one attached hydrogen (secondary N) is 1. The van der Waals surface area contributed by atoms with E-state index in [1.54, 1.807) is 19.1 Å². The third-order valence-corrected chi connectivity index (χ3v) is 3.15. The van der Waals surface area contributed by atoms with Gasteiger partial charge in [-0.2, -0.15) is 0 Å². The zero-order valence-electron chi connectivity index (χ0n) is 12.5. The number of benzene rings is 2. The Hall–Kier alpha value is -3.22. The van der Waals surface area contributed by atoms with Crippen LogP contribution in [-0.4, -0.2) is 32.2 Å². The molecule has 0 spiro atoms. The number of tetrazole rings is 1. The van der Waals surface area contributed by atoms with Gasteiger partial charge in [0, 0.05) is 11.8 Å². The van der Waals surface area contributed by atoms with E-state index in [0.717, 1.165) is 11.4 Å². The van der Waals surface area contributed by atoms with Crippen LogP contribution in [0.15, 0.2) is 60.9 Å². The fourth-order valence-corrected chi connectivity index (χ4v) is 2.00. The minimum Gasteiger partial charge on any atom is -0.481 e. The lowest BCUT2D eigenvalue weighted by Gasteiger charge is -2.15. The highest BCUT2D eigenvalue weighted by Gasteiger charge is 2.15. The zero-order chi connectivity index (χ0) is 16.1. The molecule has 7 nitrogen and oxygen atoms in total. The topological polar surface area (TPSA) is 81.9 Å². The van der Waals surface area contributed by atoms with Gasteiger partial charge in [0.1, 0.15) is 12.1 Å². The number of carbonyl (C=O) groups is 1. The largest absolute Gasteiger partial charge is 0.481 e. The summed E-state index contributed by atoms with van der Waals surface area (Å²) in [7, 11) is 0. The van der Waals surface area contributed by atoms with E-state index in [2.05, 4.69) is 20.8 Å². The van der Waals surface area contributed by atoms with Crippen molar-refractivity contribution in [2.24, 2.45) is 0 Å². The van der Waals surface area contributed by atoms with E-state index in [-0.39, 0.29) is 5.91 Å². The highest BCUT2D eigenvalue weighted by Crippen LogP contribution is 2.17. The van der Waals surface area contributed by atoms with E-state index in [1.165, 1.54) is 11.0 Å². The first kappa shape index (κ1) is 14.7. The van der Waals surface area contributed by atoms with Gasteiger partial charge in [-0.25, -0.2) is 4.68 Å². The van der Waals surface area contributed by atoms with Crippen molar-refractivity contribution in [1.29, 1.82) is 0 Å². The second kappa shape index (κ2) is 6.69. The molecule has 0 aliphatic rings. The van der Waals surface area contributed by atoms with Crippen molar-refractivity contribution in [2.45, 2.75) is 13.0 Å². The summed E-state index contributed by atoms with van der Waals surface area (Å²) >= 11 is 0. The molecule has 0 aliphatic heterocycles. The minimum absolute atomic E-state index is 0.218. The summed E-state index contributed by atoms with van der Waals surface area (Å²) in [5.74, 6) is 0.345. The lowest BCUT2D eigenvalue weighted by atomic mass is 10.3. The number of amides is 1. The lowest BCUT2D eigenvalue weighted by molar-refractivity contribution is -0.122. The van der Waals surface area contributed by atoms with Gasteiger partial charge in [0.25, 0.3) is 5.91 Å². The predicted molar refractivity (Wildman–Crippen MR) is 84.3 cm³/mol. The van der Waals surface area contributed by atoms with Crippen molar-refractivity contribution >= 4 is 11.6 Å². The average molecular weight is 309 g/mol. The fourth-order valence-electron chi connectivity index (χ4n) is 2.00. The number of rotatable bonds is 5. The van der Waals surface area contributed by atoms with Crippen LogP contribution < -0.4 is 10.1 Å². The highest BCUT2D eigenvalue weighted by molar-refractivity contribution is 5.94. The molecule has 116 valence electrons. The van der Waals surface area contributed by atoms with E-state index >= 15 is 0 Å². The Morgan fingerprint density at radius 3 is 2.74 bits per heavy atom. The number of hydrogen-bond acceptors (Lipinski definition) is 5. The predicted octanol–water partition coefficient (Wildman–Crippen LogP) is 2.07. The van der Waals surface area contributed by atoms with Crippen molar-refractivity contribution in [1.82, 2.24) is 20.2 Å². The normalized spacial score (nSPS) is 11.7. The Kier molecular flexibility index (Phi) is 4.28. The molecule has 2 aromatic carbocycles. The van der Waals surface area contributed by atoms with E-state index < -0.39 is 6.10 Å². The highest BCUT2D eigenvalue weighted by atomic mass is 16.5. The van der Waals surface area contributed by atoms with Gasteiger partial charge in [-0.3, -0.25) is 4.79 Å². The molecule has 1 amide bonds. The molecule has 23 heavy (non-hydrogen) atoms. The van der Waals surface area contributed by atoms with Crippen LogP contribution in [0.5, 0.6) is 5.75 Å². The first-order valence-electron chi connectivity index (χ1n) is 7.08. The summed E-state index contributed by atoms with van der Waals surface area (Å²) in [4.78, 5) is 12.2. The first-order valence-corrected chi connectivity index (χ1v) is 7.08. The van der Waals surface area contributed by atoms with Gasteiger partial charge in [-0.1, -0.05) is 24.3 Å². The Morgan fingerprint density at radius 1 is 1.17 bits per heavy atom. The molecule has 0 unspecified atom stereocenters. The van der Waals surface area contributed by atoms with Crippen molar-refractivity contribution < 1.29 is 9.53 Å². The molecule has 1 N–H and O–H groups in total. The second-order valence-corrected chi connectivity index (χ2v) is 4.87. The van der Waals surface area contributed by atoms with Crippen LogP contribution >= 0.6 is 0 Å². The molecular weight excluding hydrogens is 294 g/mol. The van der Waals surface area contributed by atoms with Gasteiger partial charge >= 0.3 is 0 Å². The number of nitrogens with zero attached hydrogens (tertiary/aromatic N) is 4. The van der Waals surface area contributed by atoms with Crippen LogP contribution in [-0.2, 0) is 4.79 Å². The standard InChI is InChI=1S/C16H15N5O2/c1-12(16(22)18-13-6-3-2-4-7-13)23-15-9-5-8-14(10-15)21-11-17-19-20-21/h2-12H,1H3,(H,18,22)/t12-/m1/s1. The van der Waals surface area contributed by atoms with Crippen LogP contribution in [0.1, 0.15) is 6.92 Å². The number of hydrogen-bond donors (Lipinski definition) is 1. The maximum absolute atomic E-state index is 12.2. The Morgan fingerprint density at radius 2 is 2.00 bits per heavy atom. The summed E-state index contributed by atoms with van der Waals surface area (Å²) in [5.41, 5.74) is 1.48. The molecule has 7 heteroatoms. The number of carbonyl (C=O) groups excluding carboxylic acids is 1. The third kappa shape index (κ3) is 3.70. The van der Waals surface area contributed by atoms with E-state index in [1.807, 2.05) is 42.5 Å². The molecule has 1 heterocycles. The van der Waals surface area contributed by atoms with E-state index in [9.17, 15) is 4.79 Å². The number of aromatic nitrogens is 4. The summed E-state index contributed by atoms with van der Waals surface area (Å²) in [6, 6.07) is 16.5. The maximum Gasteiger partial charge on any atom is 0.265 e. The molecule has 0 aliphatic carbocycles. The van der Waals surface area contributed by atoms with Gasteiger partial charge in [-0.05, 0) is 41.6 Å². The summed E-state index contributed by atoms with van der Waals surface area (Å²) in [5, 5.41) is 13.8. The number of ether oxygens (including phenoxy) is 1. The summed E-state index contributed by atoms with van der Waals surface area (Å²) in [6.45, 7) is 1.70. The van der Waals surface area contributed by atoms with Gasteiger partial charge in [-0.15, -0.1) is 5.10 Å². The van der Waals surface area contributed by atoms with E-state index in [0.29, 0.717) is 5.75 Å². The van der Waals surface area contributed by atoms with Crippen molar-refractivity contribution in [3.63, 3.8) is 0 Å². The average Bonchev–Trinajstić information content (AvgIpc) is 3.10. The molecule has 0 saturated carbocycles. The van der Waals surface area contributed by atoms with Gasteiger partial charge < -0.3 is 10.1 Å². The van der Waals surface area contributed by atoms with Gasteiger partial charge in [0.05, 0.1) is 5.69 Å². The molecule has 0 radical (unpaired) electrons. The van der Waals surface area contributed by atoms with Crippen LogP contribution in [0.4, 0.5) is 5.69 Å². The minimum atomic E-state index is -0.640. The van der Waals surface area contributed by atoms with Crippen LogP contribution in [0.3, 0.4) is 0 Å². The lowest BCUT2D eigenvalue weighted by Crippen LogP contribution is -2.30. The van der Waals surface area contributed by atoms with Crippen LogP contribution in [0.25, 0.3) is 5.69 Å². The number of para-hydroxylation sites is 1. The smallest absolute Gasteiger partial charge is 0.265 e. The van der Waals surface area contributed by atoms with Gasteiger partial charge in [0.2, 0.25) is 0 Å².